The largest absolute Gasteiger partial charge is 0.474 e. The molecule has 1 aliphatic heterocycles. The molecule has 4 aliphatic rings. The first-order chi connectivity index (χ1) is 42.3. The van der Waals surface area contributed by atoms with Crippen LogP contribution in [0.2, 0.25) is 0 Å². The monoisotopic (exact) mass is 1550 g/mol. The summed E-state index contributed by atoms with van der Waals surface area (Å²) in [6, 6.07) is -4.06. The van der Waals surface area contributed by atoms with Crippen LogP contribution in [0.5, 0.6) is 0 Å². The van der Waals surface area contributed by atoms with Crippen LogP contribution in [-0.2, 0) is 74.3 Å². The molecule has 0 saturated heterocycles. The Hall–Kier alpha value is -5.43. The SMILES string of the molecule is C1=C\CC/C=C\CC/1.CC(C)(C)[C@H]1COC(c2cccn2P(C2CCCCC2)C2CCCCC2)=N1.FC(F)(F)c1cc([B-](c2cc(C(F)(F)F)cc(C(F)(F)F)c2)(c2cc(C(F)(F)F)cc(C(F)(F)F)c2)c2cc(C(F)(F)F)cc(C(F)(F)F)c2)cc(C(F)(F)F)c1.[Ir]. The molecule has 1 radical (unpaired) electrons. The second-order valence-corrected chi connectivity index (χ2v) is 26.8. The van der Waals surface area contributed by atoms with E-state index in [1.165, 1.54) is 95.6 Å². The molecule has 2 heterocycles. The van der Waals surface area contributed by atoms with Gasteiger partial charge in [-0.2, -0.15) is 127 Å². The van der Waals surface area contributed by atoms with E-state index in [4.69, 9.17) is 9.73 Å². The first-order valence-electron chi connectivity index (χ1n) is 29.1. The fraction of sp³-hybridized carbons (Fsp3) is 0.476. The summed E-state index contributed by atoms with van der Waals surface area (Å²) < 4.78 is 350. The Kier molecular flexibility index (Phi) is 24.0. The Morgan fingerprint density at radius 2 is 0.656 bits per heavy atom. The summed E-state index contributed by atoms with van der Waals surface area (Å²) >= 11 is 0. The fourth-order valence-electron chi connectivity index (χ4n) is 12.0. The molecule has 0 unspecified atom stereocenters. The Morgan fingerprint density at radius 1 is 0.398 bits per heavy atom. The van der Waals surface area contributed by atoms with Crippen LogP contribution in [0.1, 0.15) is 161 Å². The van der Waals surface area contributed by atoms with Gasteiger partial charge in [0.05, 0.1) is 50.5 Å². The summed E-state index contributed by atoms with van der Waals surface area (Å²) in [5.74, 6) is 0.902. The Morgan fingerprint density at radius 3 is 0.882 bits per heavy atom. The predicted molar refractivity (Wildman–Crippen MR) is 303 cm³/mol. The molecule has 30 heteroatoms. The molecule has 2 saturated carbocycles. The van der Waals surface area contributed by atoms with Gasteiger partial charge in [-0.3, -0.25) is 0 Å². The van der Waals surface area contributed by atoms with E-state index in [9.17, 15) is 105 Å². The second-order valence-electron chi connectivity index (χ2n) is 24.1. The molecule has 0 N–H and O–H groups in total. The van der Waals surface area contributed by atoms with Crippen molar-refractivity contribution in [1.29, 1.82) is 0 Å². The average Bonchev–Trinajstić information content (AvgIpc) is 1.11. The van der Waals surface area contributed by atoms with E-state index in [2.05, 4.69) is 67.7 Å². The number of nitrogens with zero attached hydrogens (tertiary/aromatic N) is 2. The number of halogens is 24. The van der Waals surface area contributed by atoms with E-state index in [0.717, 1.165) is 23.8 Å². The number of aromatic nitrogens is 1. The third-order valence-electron chi connectivity index (χ3n) is 16.5. The van der Waals surface area contributed by atoms with E-state index < -0.39 is 195 Å². The van der Waals surface area contributed by atoms with Crippen molar-refractivity contribution in [2.24, 2.45) is 10.4 Å². The summed E-state index contributed by atoms with van der Waals surface area (Å²) in [6.07, 6.45) is -24.2. The zero-order valence-corrected chi connectivity index (χ0v) is 52.8. The normalized spacial score (nSPS) is 18.6. The van der Waals surface area contributed by atoms with Crippen molar-refractivity contribution < 1.29 is 130 Å². The Balaban J connectivity index is 0.000000310. The molecule has 5 aromatic rings. The van der Waals surface area contributed by atoms with Crippen molar-refractivity contribution >= 4 is 42.0 Å². The molecular weight excluding hydrogens is 1490 g/mol. The van der Waals surface area contributed by atoms with Gasteiger partial charge >= 0.3 is 49.4 Å². The molecule has 0 bridgehead atoms. The summed E-state index contributed by atoms with van der Waals surface area (Å²) in [5, 5.41) is 0. The third kappa shape index (κ3) is 19.2. The second kappa shape index (κ2) is 29.1. The van der Waals surface area contributed by atoms with Crippen molar-refractivity contribution in [1.82, 2.24) is 4.34 Å². The van der Waals surface area contributed by atoms with Gasteiger partial charge in [-0.25, -0.2) is 4.99 Å². The first kappa shape index (κ1) is 76.6. The number of allylic oxidation sites excluding steroid dienone is 4. The molecule has 1 atom stereocenters. The molecule has 0 spiro atoms. The summed E-state index contributed by atoms with van der Waals surface area (Å²) in [6.45, 7) is 7.53. The van der Waals surface area contributed by atoms with Crippen molar-refractivity contribution in [3.8, 4) is 0 Å². The quantitative estimate of drug-likeness (QED) is 0.0658. The molecule has 4 aromatic carbocycles. The third-order valence-corrected chi connectivity index (χ3v) is 19.9. The number of rotatable bonds is 8. The van der Waals surface area contributed by atoms with Crippen molar-refractivity contribution in [2.45, 2.75) is 177 Å². The summed E-state index contributed by atoms with van der Waals surface area (Å²) in [4.78, 5) is 5.02. The molecule has 93 heavy (non-hydrogen) atoms. The zero-order valence-electron chi connectivity index (χ0n) is 49.5. The molecule has 3 aliphatic carbocycles. The maximum atomic E-state index is 14.2. The van der Waals surface area contributed by atoms with E-state index in [-0.39, 0.29) is 39.6 Å². The van der Waals surface area contributed by atoms with E-state index in [1.807, 2.05) is 0 Å². The van der Waals surface area contributed by atoms with Crippen molar-refractivity contribution in [3.63, 3.8) is 0 Å². The van der Waals surface area contributed by atoms with Crippen molar-refractivity contribution in [3.05, 3.63) is 166 Å². The van der Waals surface area contributed by atoms with Gasteiger partial charge in [0.15, 0.2) is 0 Å². The maximum Gasteiger partial charge on any atom is 0.416 e. The van der Waals surface area contributed by atoms with Gasteiger partial charge in [0.2, 0.25) is 5.90 Å². The number of ether oxygens (including phenoxy) is 1. The number of benzene rings is 4. The fourth-order valence-corrected chi connectivity index (χ4v) is 15.7. The number of hydrogen-bond acceptors (Lipinski definition) is 2. The molecule has 9 rings (SSSR count). The first-order valence-corrected chi connectivity index (χ1v) is 30.6. The minimum absolute atomic E-state index is 0. The van der Waals surface area contributed by atoms with Crippen molar-refractivity contribution in [2.75, 3.05) is 6.61 Å². The molecule has 2 fully saturated rings. The smallest absolute Gasteiger partial charge is 0.416 e. The van der Waals surface area contributed by atoms with Crippen LogP contribution in [-0.4, -0.2) is 40.3 Å². The summed E-state index contributed by atoms with van der Waals surface area (Å²) in [5.41, 5.74) is -27.0. The van der Waals surface area contributed by atoms with Crippen LogP contribution in [0.4, 0.5) is 105 Å². The maximum absolute atomic E-state index is 14.2. The topological polar surface area (TPSA) is 26.5 Å². The van der Waals surface area contributed by atoms with E-state index in [0.29, 0.717) is 0 Å². The van der Waals surface area contributed by atoms with Crippen LogP contribution in [0.25, 0.3) is 0 Å². The molecule has 1 aromatic heterocycles. The van der Waals surface area contributed by atoms with Crippen LogP contribution in [0, 0.1) is 5.41 Å². The standard InChI is InChI=1S/C32H12BF24.C23H37N2OP.C8H12.Ir/c34-25(35,36)13-1-14(26(37,38)39)6-21(5-13)33(22-7-15(27(40,41)42)2-16(8-22)28(43,44)45,23-9-17(29(46,47)48)3-18(10-23)30(49,50)51)24-11-19(31(52,53)54)4-20(12-24)32(55,56)57;1-23(2,3)21-17-26-22(24-21)20-15-10-16-25(20)27(18-11-6-4-7-12-18)19-13-8-5-9-14-19;1-2-4-6-8-7-5-3-1;/h1-12H;10,15-16,18-19,21H,4-9,11-14,17H2,1-3H3;1-2,7-8H,3-6H2;/q-1;;;/b;;2-1-,8-7-;/t;21-;;/m.1../s1. The molecule has 0 amide bonds. The van der Waals surface area contributed by atoms with Crippen LogP contribution in [0.3, 0.4) is 0 Å². The van der Waals surface area contributed by atoms with Gasteiger partial charge in [0, 0.05) is 34.4 Å². The number of alkyl halides is 24. The van der Waals surface area contributed by atoms with E-state index >= 15 is 0 Å². The molecular formula is C63H61BF24IrN2OP-. The Labute approximate surface area is 534 Å². The van der Waals surface area contributed by atoms with E-state index in [1.54, 1.807) is 0 Å². The van der Waals surface area contributed by atoms with Gasteiger partial charge in [0.25, 0.3) is 0 Å². The van der Waals surface area contributed by atoms with Gasteiger partial charge in [-0.1, -0.05) is 132 Å². The minimum Gasteiger partial charge on any atom is -0.474 e. The average molecular weight is 1550 g/mol. The minimum atomic E-state index is -6.13. The number of aliphatic imine (C=N–C) groups is 1. The van der Waals surface area contributed by atoms with Gasteiger partial charge < -0.3 is 9.07 Å². The predicted octanol–water partition coefficient (Wildman–Crippen LogP) is 20.5. The van der Waals surface area contributed by atoms with Gasteiger partial charge in [-0.05, 0) is 104 Å². The van der Waals surface area contributed by atoms with Crippen LogP contribution < -0.4 is 21.9 Å². The zero-order chi connectivity index (χ0) is 68.4. The van der Waals surface area contributed by atoms with Gasteiger partial charge in [-0.15, -0.1) is 0 Å². The van der Waals surface area contributed by atoms with Crippen LogP contribution >= 0.6 is 8.07 Å². The Bertz CT molecular complexity index is 2940. The number of hydrogen-bond donors (Lipinski definition) is 0. The molecule has 3 nitrogen and oxygen atoms in total. The van der Waals surface area contributed by atoms with Gasteiger partial charge in [0.1, 0.15) is 18.4 Å². The molecule has 515 valence electrons. The van der Waals surface area contributed by atoms with Crippen LogP contribution in [0.15, 0.2) is 120 Å². The summed E-state index contributed by atoms with van der Waals surface area (Å²) in [7, 11) is -0.178.